The number of fused-ring (bicyclic) bond motifs is 2. The van der Waals surface area contributed by atoms with Gasteiger partial charge in [-0.3, -0.25) is 4.79 Å². The maximum atomic E-state index is 13.9. The predicted molar refractivity (Wildman–Crippen MR) is 77.4 cm³/mol. The van der Waals surface area contributed by atoms with Crippen LogP contribution in [0, 0.1) is 11.7 Å². The molecular weight excluding hydrogens is 277 g/mol. The van der Waals surface area contributed by atoms with Gasteiger partial charge < -0.3 is 4.90 Å². The minimum Gasteiger partial charge on any atom is -0.300 e. The van der Waals surface area contributed by atoms with Gasteiger partial charge in [-0.1, -0.05) is 23.7 Å². The van der Waals surface area contributed by atoms with Crippen molar-refractivity contribution < 1.29 is 9.18 Å². The fourth-order valence-electron chi connectivity index (χ4n) is 3.69. The fraction of sp³-hybridized carbons (Fsp3) is 0.562. The Morgan fingerprint density at radius 3 is 2.65 bits per heavy atom. The van der Waals surface area contributed by atoms with Crippen LogP contribution < -0.4 is 0 Å². The van der Waals surface area contributed by atoms with E-state index in [4.69, 9.17) is 11.6 Å². The van der Waals surface area contributed by atoms with Crippen LogP contribution in [0.5, 0.6) is 0 Å². The smallest absolute Gasteiger partial charge is 0.145 e. The third-order valence-electron chi connectivity index (χ3n) is 4.95. The summed E-state index contributed by atoms with van der Waals surface area (Å²) in [5, 5.41) is 0.0961. The average molecular weight is 296 g/mol. The molecule has 0 radical (unpaired) electrons. The molecule has 1 aromatic rings. The van der Waals surface area contributed by atoms with Crippen LogP contribution in [0.4, 0.5) is 4.39 Å². The van der Waals surface area contributed by atoms with Crippen molar-refractivity contribution in [2.24, 2.45) is 5.92 Å². The maximum Gasteiger partial charge on any atom is 0.145 e. The molecule has 2 fully saturated rings. The molecule has 20 heavy (non-hydrogen) atoms. The van der Waals surface area contributed by atoms with Gasteiger partial charge >= 0.3 is 0 Å². The number of ketones is 1. The van der Waals surface area contributed by atoms with Gasteiger partial charge in [0.25, 0.3) is 0 Å². The SMILES string of the molecule is CN1C2CCC1CC(C(=O)Cc1cccc(Cl)c1F)C2. The lowest BCUT2D eigenvalue weighted by Gasteiger charge is -2.35. The molecule has 2 saturated heterocycles. The molecule has 0 spiro atoms. The van der Waals surface area contributed by atoms with Crippen molar-refractivity contribution in [3.63, 3.8) is 0 Å². The quantitative estimate of drug-likeness (QED) is 0.851. The highest BCUT2D eigenvalue weighted by molar-refractivity contribution is 6.30. The van der Waals surface area contributed by atoms with Crippen LogP contribution in [-0.4, -0.2) is 29.8 Å². The molecule has 108 valence electrons. The fourth-order valence-corrected chi connectivity index (χ4v) is 3.89. The first-order valence-electron chi connectivity index (χ1n) is 7.23. The molecule has 2 aliphatic heterocycles. The monoisotopic (exact) mass is 295 g/mol. The summed E-state index contributed by atoms with van der Waals surface area (Å²) in [6.45, 7) is 0. The number of hydrogen-bond acceptors (Lipinski definition) is 2. The van der Waals surface area contributed by atoms with E-state index >= 15 is 0 Å². The molecule has 0 N–H and O–H groups in total. The second-order valence-corrected chi connectivity index (χ2v) is 6.48. The molecule has 0 aromatic heterocycles. The molecule has 4 heteroatoms. The Hall–Kier alpha value is -0.930. The third-order valence-corrected chi connectivity index (χ3v) is 5.24. The van der Waals surface area contributed by atoms with Crippen molar-refractivity contribution in [2.45, 2.75) is 44.2 Å². The number of carbonyl (C=O) groups is 1. The highest BCUT2D eigenvalue weighted by Crippen LogP contribution is 2.38. The van der Waals surface area contributed by atoms with Crippen molar-refractivity contribution in [3.8, 4) is 0 Å². The first kappa shape index (κ1) is 14.0. The summed E-state index contributed by atoms with van der Waals surface area (Å²) in [5.41, 5.74) is 0.425. The molecule has 2 heterocycles. The topological polar surface area (TPSA) is 20.3 Å². The van der Waals surface area contributed by atoms with Gasteiger partial charge in [0.05, 0.1) is 5.02 Å². The van der Waals surface area contributed by atoms with E-state index in [1.807, 2.05) is 0 Å². The van der Waals surface area contributed by atoms with Gasteiger partial charge in [-0.2, -0.15) is 0 Å². The zero-order valence-electron chi connectivity index (χ0n) is 11.6. The van der Waals surface area contributed by atoms with Gasteiger partial charge in [-0.05, 0) is 44.4 Å². The van der Waals surface area contributed by atoms with E-state index < -0.39 is 5.82 Å². The van der Waals surface area contributed by atoms with Crippen molar-refractivity contribution in [1.82, 2.24) is 4.90 Å². The molecule has 0 saturated carbocycles. The van der Waals surface area contributed by atoms with E-state index in [2.05, 4.69) is 11.9 Å². The minimum absolute atomic E-state index is 0.0853. The third kappa shape index (κ3) is 2.49. The number of carbonyl (C=O) groups excluding carboxylic acids is 1. The molecule has 2 nitrogen and oxygen atoms in total. The highest BCUT2D eigenvalue weighted by Gasteiger charge is 2.40. The summed E-state index contributed by atoms with van der Waals surface area (Å²) in [6.07, 6.45) is 4.40. The van der Waals surface area contributed by atoms with Crippen molar-refractivity contribution in [1.29, 1.82) is 0 Å². The molecule has 2 unspecified atom stereocenters. The lowest BCUT2D eigenvalue weighted by Crippen LogP contribution is -2.42. The Morgan fingerprint density at radius 1 is 1.35 bits per heavy atom. The lowest BCUT2D eigenvalue weighted by molar-refractivity contribution is -0.124. The van der Waals surface area contributed by atoms with Crippen LogP contribution in [0.25, 0.3) is 0 Å². The number of nitrogens with zero attached hydrogens (tertiary/aromatic N) is 1. The molecule has 2 atom stereocenters. The molecule has 0 aliphatic carbocycles. The van der Waals surface area contributed by atoms with Crippen LogP contribution in [0.2, 0.25) is 5.02 Å². The zero-order valence-corrected chi connectivity index (χ0v) is 12.4. The molecule has 1 aromatic carbocycles. The Bertz CT molecular complexity index is 519. The summed E-state index contributed by atoms with van der Waals surface area (Å²) in [5.74, 6) is -0.198. The minimum atomic E-state index is -0.446. The van der Waals surface area contributed by atoms with Crippen LogP contribution in [-0.2, 0) is 11.2 Å². The largest absolute Gasteiger partial charge is 0.300 e. The van der Waals surface area contributed by atoms with Gasteiger partial charge in [0.1, 0.15) is 11.6 Å². The summed E-state index contributed by atoms with van der Waals surface area (Å²) in [4.78, 5) is 14.8. The lowest BCUT2D eigenvalue weighted by atomic mass is 9.85. The van der Waals surface area contributed by atoms with E-state index in [0.717, 1.165) is 12.8 Å². The van der Waals surface area contributed by atoms with E-state index in [1.54, 1.807) is 12.1 Å². The Labute approximate surface area is 123 Å². The number of halogens is 2. The van der Waals surface area contributed by atoms with Crippen molar-refractivity contribution >= 4 is 17.4 Å². The number of hydrogen-bond donors (Lipinski definition) is 0. The average Bonchev–Trinajstić information content (AvgIpc) is 2.66. The molecule has 3 rings (SSSR count). The van der Waals surface area contributed by atoms with Crippen LogP contribution >= 0.6 is 11.6 Å². The van der Waals surface area contributed by atoms with Crippen molar-refractivity contribution in [3.05, 3.63) is 34.6 Å². The Morgan fingerprint density at radius 2 is 2.00 bits per heavy atom. The second kappa shape index (κ2) is 5.45. The van der Waals surface area contributed by atoms with E-state index in [0.29, 0.717) is 17.6 Å². The van der Waals surface area contributed by atoms with Crippen LogP contribution in [0.1, 0.15) is 31.2 Å². The number of rotatable bonds is 3. The molecule has 2 aliphatic rings. The number of benzene rings is 1. The van der Waals surface area contributed by atoms with Gasteiger partial charge in [0, 0.05) is 24.4 Å². The normalized spacial score (nSPS) is 29.6. The first-order valence-corrected chi connectivity index (χ1v) is 7.61. The van der Waals surface area contributed by atoms with E-state index in [9.17, 15) is 9.18 Å². The van der Waals surface area contributed by atoms with Crippen LogP contribution in [0.15, 0.2) is 18.2 Å². The molecule has 2 bridgehead atoms. The van der Waals surface area contributed by atoms with Crippen LogP contribution in [0.3, 0.4) is 0 Å². The summed E-state index contributed by atoms with van der Waals surface area (Å²) < 4.78 is 13.9. The summed E-state index contributed by atoms with van der Waals surface area (Å²) >= 11 is 5.77. The van der Waals surface area contributed by atoms with Crippen molar-refractivity contribution in [2.75, 3.05) is 7.05 Å². The Kier molecular flexibility index (Phi) is 3.83. The Balaban J connectivity index is 1.70. The highest BCUT2D eigenvalue weighted by atomic mass is 35.5. The van der Waals surface area contributed by atoms with Gasteiger partial charge in [-0.25, -0.2) is 4.39 Å². The van der Waals surface area contributed by atoms with Gasteiger partial charge in [-0.15, -0.1) is 0 Å². The molecule has 0 amide bonds. The van der Waals surface area contributed by atoms with Gasteiger partial charge in [0.15, 0.2) is 0 Å². The van der Waals surface area contributed by atoms with Gasteiger partial charge in [0.2, 0.25) is 0 Å². The predicted octanol–water partition coefficient (Wildman–Crippen LogP) is 3.46. The number of Topliss-reactive ketones (excluding diaryl/α,β-unsaturated/α-hetero) is 1. The van der Waals surface area contributed by atoms with E-state index in [-0.39, 0.29) is 23.1 Å². The first-order chi connectivity index (χ1) is 9.56. The maximum absolute atomic E-state index is 13.9. The number of piperidine rings is 1. The second-order valence-electron chi connectivity index (χ2n) is 6.07. The zero-order chi connectivity index (χ0) is 14.3. The molecular formula is C16H19ClFNO. The summed E-state index contributed by atoms with van der Waals surface area (Å²) in [6, 6.07) is 5.94. The summed E-state index contributed by atoms with van der Waals surface area (Å²) in [7, 11) is 2.15. The standard InChI is InChI=1S/C16H19ClFNO/c1-19-12-5-6-13(19)8-11(7-12)15(20)9-10-3-2-4-14(17)16(10)18/h2-4,11-13H,5-9H2,1H3. The van der Waals surface area contributed by atoms with E-state index in [1.165, 1.54) is 18.9 Å².